The number of rotatable bonds is 4. The quantitative estimate of drug-likeness (QED) is 0.806. The molecule has 0 aromatic heterocycles. The zero-order valence-corrected chi connectivity index (χ0v) is 12.1. The third kappa shape index (κ3) is 2.61. The van der Waals surface area contributed by atoms with Gasteiger partial charge in [0.1, 0.15) is 6.04 Å². The maximum absolute atomic E-state index is 12.4. The number of aliphatic hydroxyl groups excluding tert-OH is 1. The molecule has 19 heavy (non-hydrogen) atoms. The summed E-state index contributed by atoms with van der Waals surface area (Å²) in [5.74, 6) is 0.424. The van der Waals surface area contributed by atoms with E-state index in [-0.39, 0.29) is 18.4 Å². The monoisotopic (exact) mass is 268 g/mol. The molecule has 1 unspecified atom stereocenters. The number of carbonyl (C=O) groups excluding carboxylic acids is 2. The predicted octanol–water partition coefficient (Wildman–Crippen LogP) is 0.474. The highest BCUT2D eigenvalue weighted by Crippen LogP contribution is 2.47. The molecule has 1 saturated carbocycles. The lowest BCUT2D eigenvalue weighted by atomic mass is 10.0. The second-order valence-electron chi connectivity index (χ2n) is 6.29. The van der Waals surface area contributed by atoms with Gasteiger partial charge < -0.3 is 14.9 Å². The smallest absolute Gasteiger partial charge is 0.245 e. The van der Waals surface area contributed by atoms with Crippen molar-refractivity contribution in [1.29, 1.82) is 0 Å². The van der Waals surface area contributed by atoms with Crippen LogP contribution >= 0.6 is 0 Å². The standard InChI is InChI=1S/C14H24N2O3/c1-10(2)8-15-6-7-16(11(3)12(15)18)13(19)14(9-17)4-5-14/h10-11,17H,4-9H2,1-3H3. The lowest BCUT2D eigenvalue weighted by Crippen LogP contribution is -2.59. The van der Waals surface area contributed by atoms with Gasteiger partial charge in [-0.2, -0.15) is 0 Å². The van der Waals surface area contributed by atoms with Gasteiger partial charge in [0.2, 0.25) is 11.8 Å². The molecule has 2 amide bonds. The number of piperazine rings is 1. The van der Waals surface area contributed by atoms with E-state index in [2.05, 4.69) is 13.8 Å². The van der Waals surface area contributed by atoms with Crippen LogP contribution in [0.1, 0.15) is 33.6 Å². The van der Waals surface area contributed by atoms with E-state index < -0.39 is 11.5 Å². The summed E-state index contributed by atoms with van der Waals surface area (Å²) in [5, 5.41) is 9.34. The summed E-state index contributed by atoms with van der Waals surface area (Å²) in [6, 6.07) is -0.399. The first-order chi connectivity index (χ1) is 8.91. The number of aliphatic hydroxyl groups is 1. The minimum atomic E-state index is -0.575. The van der Waals surface area contributed by atoms with Crippen LogP contribution in [0.15, 0.2) is 0 Å². The van der Waals surface area contributed by atoms with E-state index in [1.54, 1.807) is 11.8 Å². The predicted molar refractivity (Wildman–Crippen MR) is 71.3 cm³/mol. The minimum Gasteiger partial charge on any atom is -0.395 e. The Bertz CT molecular complexity index is 377. The zero-order valence-electron chi connectivity index (χ0n) is 12.1. The van der Waals surface area contributed by atoms with Gasteiger partial charge in [0, 0.05) is 19.6 Å². The fourth-order valence-electron chi connectivity index (χ4n) is 2.72. The molecule has 0 bridgehead atoms. The Balaban J connectivity index is 2.03. The fourth-order valence-corrected chi connectivity index (χ4v) is 2.72. The molecule has 1 heterocycles. The highest BCUT2D eigenvalue weighted by Gasteiger charge is 2.53. The first-order valence-electron chi connectivity index (χ1n) is 7.12. The molecule has 2 aliphatic rings. The lowest BCUT2D eigenvalue weighted by Gasteiger charge is -2.41. The van der Waals surface area contributed by atoms with Gasteiger partial charge in [0.05, 0.1) is 12.0 Å². The molecule has 1 atom stereocenters. The number of hydrogen-bond donors (Lipinski definition) is 1. The first-order valence-corrected chi connectivity index (χ1v) is 7.12. The third-order valence-corrected chi connectivity index (χ3v) is 4.20. The summed E-state index contributed by atoms with van der Waals surface area (Å²) in [7, 11) is 0. The maximum atomic E-state index is 12.4. The number of nitrogens with zero attached hydrogens (tertiary/aromatic N) is 2. The average molecular weight is 268 g/mol. The highest BCUT2D eigenvalue weighted by atomic mass is 16.3. The van der Waals surface area contributed by atoms with Crippen LogP contribution in [0.4, 0.5) is 0 Å². The van der Waals surface area contributed by atoms with Gasteiger partial charge in [-0.1, -0.05) is 13.8 Å². The summed E-state index contributed by atoms with van der Waals surface area (Å²) in [5.41, 5.74) is -0.575. The van der Waals surface area contributed by atoms with Crippen molar-refractivity contribution in [3.05, 3.63) is 0 Å². The highest BCUT2D eigenvalue weighted by molar-refractivity contribution is 5.92. The number of hydrogen-bond acceptors (Lipinski definition) is 3. The molecule has 1 aliphatic carbocycles. The van der Waals surface area contributed by atoms with Gasteiger partial charge in [-0.05, 0) is 25.7 Å². The minimum absolute atomic E-state index is 0.0297. The molecule has 1 saturated heterocycles. The summed E-state index contributed by atoms with van der Waals surface area (Å²) in [4.78, 5) is 28.2. The Morgan fingerprint density at radius 1 is 1.42 bits per heavy atom. The molecule has 108 valence electrons. The van der Waals surface area contributed by atoms with Gasteiger partial charge in [-0.3, -0.25) is 9.59 Å². The van der Waals surface area contributed by atoms with E-state index >= 15 is 0 Å². The van der Waals surface area contributed by atoms with Crippen molar-refractivity contribution in [2.75, 3.05) is 26.2 Å². The Morgan fingerprint density at radius 2 is 2.05 bits per heavy atom. The second kappa shape index (κ2) is 5.12. The SMILES string of the molecule is CC(C)CN1CCN(C(=O)C2(CO)CC2)C(C)C1=O. The Kier molecular flexibility index (Phi) is 3.85. The van der Waals surface area contributed by atoms with E-state index in [4.69, 9.17) is 0 Å². The number of amides is 2. The molecule has 2 fully saturated rings. The van der Waals surface area contributed by atoms with Gasteiger partial charge in [-0.25, -0.2) is 0 Å². The van der Waals surface area contributed by atoms with Gasteiger partial charge >= 0.3 is 0 Å². The van der Waals surface area contributed by atoms with E-state index in [1.165, 1.54) is 0 Å². The van der Waals surface area contributed by atoms with Crippen molar-refractivity contribution < 1.29 is 14.7 Å². The van der Waals surface area contributed by atoms with Gasteiger partial charge in [-0.15, -0.1) is 0 Å². The maximum Gasteiger partial charge on any atom is 0.245 e. The van der Waals surface area contributed by atoms with E-state index in [0.717, 1.165) is 19.4 Å². The van der Waals surface area contributed by atoms with Crippen LogP contribution in [0, 0.1) is 11.3 Å². The van der Waals surface area contributed by atoms with Crippen molar-refractivity contribution in [2.24, 2.45) is 11.3 Å². The van der Waals surface area contributed by atoms with Crippen LogP contribution in [0.2, 0.25) is 0 Å². The van der Waals surface area contributed by atoms with Crippen molar-refractivity contribution in [3.8, 4) is 0 Å². The molecule has 5 heteroatoms. The van der Waals surface area contributed by atoms with Crippen LogP contribution in [-0.4, -0.2) is 59.0 Å². The van der Waals surface area contributed by atoms with Crippen molar-refractivity contribution in [2.45, 2.75) is 39.7 Å². The summed E-state index contributed by atoms with van der Waals surface area (Å²) in [6.07, 6.45) is 1.49. The molecule has 0 aromatic carbocycles. The normalized spacial score (nSPS) is 25.9. The summed E-state index contributed by atoms with van der Waals surface area (Å²) < 4.78 is 0. The largest absolute Gasteiger partial charge is 0.395 e. The Hall–Kier alpha value is -1.10. The topological polar surface area (TPSA) is 60.9 Å². The molecular formula is C14H24N2O3. The molecule has 1 aliphatic heterocycles. The van der Waals surface area contributed by atoms with Crippen LogP contribution in [0.5, 0.6) is 0 Å². The molecule has 5 nitrogen and oxygen atoms in total. The zero-order chi connectivity index (χ0) is 14.2. The summed E-state index contributed by atoms with van der Waals surface area (Å²) >= 11 is 0. The van der Waals surface area contributed by atoms with Crippen molar-refractivity contribution in [3.63, 3.8) is 0 Å². The molecule has 2 rings (SSSR count). The Labute approximate surface area is 114 Å². The second-order valence-corrected chi connectivity index (χ2v) is 6.29. The van der Waals surface area contributed by atoms with Gasteiger partial charge in [0.15, 0.2) is 0 Å². The summed E-state index contributed by atoms with van der Waals surface area (Å²) in [6.45, 7) is 7.80. The fraction of sp³-hybridized carbons (Fsp3) is 0.857. The van der Waals surface area contributed by atoms with E-state index in [0.29, 0.717) is 19.0 Å². The molecule has 0 aromatic rings. The van der Waals surface area contributed by atoms with Crippen LogP contribution in [-0.2, 0) is 9.59 Å². The lowest BCUT2D eigenvalue weighted by molar-refractivity contribution is -0.154. The third-order valence-electron chi connectivity index (χ3n) is 4.20. The molecular weight excluding hydrogens is 244 g/mol. The van der Waals surface area contributed by atoms with Gasteiger partial charge in [0.25, 0.3) is 0 Å². The Morgan fingerprint density at radius 3 is 2.53 bits per heavy atom. The van der Waals surface area contributed by atoms with Crippen LogP contribution in [0.3, 0.4) is 0 Å². The van der Waals surface area contributed by atoms with E-state index in [1.807, 2.05) is 4.90 Å². The molecule has 0 spiro atoms. The number of carbonyl (C=O) groups is 2. The van der Waals surface area contributed by atoms with E-state index in [9.17, 15) is 14.7 Å². The van der Waals surface area contributed by atoms with Crippen molar-refractivity contribution in [1.82, 2.24) is 9.80 Å². The average Bonchev–Trinajstić information content (AvgIpc) is 3.15. The van der Waals surface area contributed by atoms with Crippen molar-refractivity contribution >= 4 is 11.8 Å². The molecule has 1 N–H and O–H groups in total. The molecule has 0 radical (unpaired) electrons. The first kappa shape index (κ1) is 14.3. The van der Waals surface area contributed by atoms with Crippen LogP contribution < -0.4 is 0 Å². The van der Waals surface area contributed by atoms with Crippen LogP contribution in [0.25, 0.3) is 0 Å².